The van der Waals surface area contributed by atoms with Gasteiger partial charge in [-0.15, -0.1) is 0 Å². The van der Waals surface area contributed by atoms with Gasteiger partial charge in [-0.1, -0.05) is 0 Å². The molecular formula is C7H7BrO3. The average Bonchev–Trinajstić information content (AvgIpc) is 1.97. The number of phenolic OH excluding ortho intramolecular Hbond substituents is 3. The normalized spacial score (nSPS) is 10.0. The topological polar surface area (TPSA) is 60.7 Å². The van der Waals surface area contributed by atoms with Crippen LogP contribution in [-0.2, 0) is 0 Å². The van der Waals surface area contributed by atoms with E-state index in [1.54, 1.807) is 6.92 Å². The zero-order chi connectivity index (χ0) is 8.59. The van der Waals surface area contributed by atoms with Crippen molar-refractivity contribution in [3.05, 3.63) is 16.1 Å². The van der Waals surface area contributed by atoms with E-state index in [1.165, 1.54) is 6.07 Å². The van der Waals surface area contributed by atoms with E-state index >= 15 is 0 Å². The quantitative estimate of drug-likeness (QED) is 0.583. The second-order valence-corrected chi connectivity index (χ2v) is 3.08. The highest BCUT2D eigenvalue weighted by molar-refractivity contribution is 9.10. The van der Waals surface area contributed by atoms with Crippen molar-refractivity contribution in [2.45, 2.75) is 6.92 Å². The number of phenols is 3. The van der Waals surface area contributed by atoms with Gasteiger partial charge >= 0.3 is 0 Å². The molecule has 60 valence electrons. The fourth-order valence-electron chi connectivity index (χ4n) is 0.739. The Bertz CT molecular complexity index is 270. The third kappa shape index (κ3) is 1.26. The molecule has 0 unspecified atom stereocenters. The minimum absolute atomic E-state index is 0.286. The number of aromatic hydroxyl groups is 3. The van der Waals surface area contributed by atoms with Crippen molar-refractivity contribution in [3.63, 3.8) is 0 Å². The van der Waals surface area contributed by atoms with E-state index in [-0.39, 0.29) is 11.5 Å². The molecule has 4 heteroatoms. The summed E-state index contributed by atoms with van der Waals surface area (Å²) in [6, 6.07) is 1.52. The molecule has 1 aromatic rings. The molecule has 0 radical (unpaired) electrons. The number of benzene rings is 1. The highest BCUT2D eigenvalue weighted by Crippen LogP contribution is 2.42. The van der Waals surface area contributed by atoms with Gasteiger partial charge in [0.05, 0.1) is 4.47 Å². The molecule has 1 aromatic carbocycles. The third-order valence-corrected chi connectivity index (χ3v) is 2.00. The minimum Gasteiger partial charge on any atom is -0.504 e. The van der Waals surface area contributed by atoms with Crippen molar-refractivity contribution in [1.29, 1.82) is 0 Å². The summed E-state index contributed by atoms with van der Waals surface area (Å²) in [4.78, 5) is 0. The lowest BCUT2D eigenvalue weighted by Crippen LogP contribution is -1.78. The van der Waals surface area contributed by atoms with Gasteiger partial charge in [0, 0.05) is 0 Å². The molecule has 0 heterocycles. The summed E-state index contributed by atoms with van der Waals surface area (Å²) in [6.07, 6.45) is 0. The molecule has 3 nitrogen and oxygen atoms in total. The Labute approximate surface area is 72.0 Å². The Morgan fingerprint density at radius 2 is 1.64 bits per heavy atom. The maximum atomic E-state index is 9.08. The smallest absolute Gasteiger partial charge is 0.201 e. The standard InChI is InChI=1S/C7H7BrO3/c1-3-2-4(8)6(10)7(11)5(3)9/h2,9-11H,1H3. The van der Waals surface area contributed by atoms with Crippen molar-refractivity contribution in [3.8, 4) is 17.2 Å². The highest BCUT2D eigenvalue weighted by Gasteiger charge is 2.11. The summed E-state index contributed by atoms with van der Waals surface area (Å²) < 4.78 is 0.366. The summed E-state index contributed by atoms with van der Waals surface area (Å²) in [6.45, 7) is 1.62. The average molecular weight is 219 g/mol. The summed E-state index contributed by atoms with van der Waals surface area (Å²) in [7, 11) is 0. The molecule has 0 saturated heterocycles. The van der Waals surface area contributed by atoms with E-state index in [0.717, 1.165) is 0 Å². The van der Waals surface area contributed by atoms with Gasteiger partial charge in [0.25, 0.3) is 0 Å². The van der Waals surface area contributed by atoms with Crippen molar-refractivity contribution in [1.82, 2.24) is 0 Å². The molecule has 0 aliphatic rings. The van der Waals surface area contributed by atoms with Gasteiger partial charge in [-0.3, -0.25) is 0 Å². The molecule has 3 N–H and O–H groups in total. The Morgan fingerprint density at radius 1 is 1.09 bits per heavy atom. The molecule has 0 saturated carbocycles. The van der Waals surface area contributed by atoms with Crippen LogP contribution < -0.4 is 0 Å². The summed E-state index contributed by atoms with van der Waals surface area (Å²) >= 11 is 3.01. The van der Waals surface area contributed by atoms with Gasteiger partial charge in [0.15, 0.2) is 11.5 Å². The predicted octanol–water partition coefficient (Wildman–Crippen LogP) is 1.87. The second-order valence-electron chi connectivity index (χ2n) is 2.22. The van der Waals surface area contributed by atoms with Gasteiger partial charge < -0.3 is 15.3 Å². The third-order valence-electron chi connectivity index (χ3n) is 1.39. The van der Waals surface area contributed by atoms with E-state index in [0.29, 0.717) is 10.0 Å². The van der Waals surface area contributed by atoms with Crippen LogP contribution in [0.25, 0.3) is 0 Å². The molecule has 0 spiro atoms. The summed E-state index contributed by atoms with van der Waals surface area (Å²) in [5.74, 6) is -1.12. The zero-order valence-electron chi connectivity index (χ0n) is 5.80. The first-order valence-corrected chi connectivity index (χ1v) is 3.73. The predicted molar refractivity (Wildman–Crippen MR) is 43.9 cm³/mol. The maximum absolute atomic E-state index is 9.08. The van der Waals surface area contributed by atoms with E-state index in [1.807, 2.05) is 0 Å². The molecule has 0 bridgehead atoms. The second kappa shape index (κ2) is 2.62. The first kappa shape index (κ1) is 8.20. The van der Waals surface area contributed by atoms with Crippen LogP contribution in [0.4, 0.5) is 0 Å². The van der Waals surface area contributed by atoms with Crippen molar-refractivity contribution in [2.24, 2.45) is 0 Å². The van der Waals surface area contributed by atoms with E-state index in [4.69, 9.17) is 15.3 Å². The van der Waals surface area contributed by atoms with Crippen molar-refractivity contribution >= 4 is 15.9 Å². The van der Waals surface area contributed by atoms with Crippen LogP contribution in [0, 0.1) is 6.92 Å². The van der Waals surface area contributed by atoms with Gasteiger partial charge in [0.1, 0.15) is 0 Å². The molecule has 0 aromatic heterocycles. The van der Waals surface area contributed by atoms with Crippen LogP contribution in [-0.4, -0.2) is 15.3 Å². The first-order valence-electron chi connectivity index (χ1n) is 2.94. The molecule has 0 fully saturated rings. The van der Waals surface area contributed by atoms with Crippen LogP contribution in [0.2, 0.25) is 0 Å². The molecule has 11 heavy (non-hydrogen) atoms. The zero-order valence-corrected chi connectivity index (χ0v) is 7.38. The fraction of sp³-hybridized carbons (Fsp3) is 0.143. The molecule has 0 aliphatic carbocycles. The van der Waals surface area contributed by atoms with Gasteiger partial charge in [-0.2, -0.15) is 0 Å². The van der Waals surface area contributed by atoms with E-state index < -0.39 is 5.75 Å². The highest BCUT2D eigenvalue weighted by atomic mass is 79.9. The van der Waals surface area contributed by atoms with Gasteiger partial charge in [-0.05, 0) is 34.5 Å². The lowest BCUT2D eigenvalue weighted by Gasteiger charge is -2.04. The Kier molecular flexibility index (Phi) is 1.95. The van der Waals surface area contributed by atoms with E-state index in [9.17, 15) is 0 Å². The Hall–Kier alpha value is -0.900. The molecular weight excluding hydrogens is 212 g/mol. The van der Waals surface area contributed by atoms with Crippen LogP contribution in [0.3, 0.4) is 0 Å². The number of aryl methyl sites for hydroxylation is 1. The summed E-state index contributed by atoms with van der Waals surface area (Å²) in [5, 5.41) is 27.2. The van der Waals surface area contributed by atoms with Crippen LogP contribution >= 0.6 is 15.9 Å². The van der Waals surface area contributed by atoms with Crippen molar-refractivity contribution < 1.29 is 15.3 Å². The van der Waals surface area contributed by atoms with E-state index in [2.05, 4.69) is 15.9 Å². The van der Waals surface area contributed by atoms with Crippen LogP contribution in [0.15, 0.2) is 10.5 Å². The number of hydrogen-bond acceptors (Lipinski definition) is 3. The fourth-order valence-corrected chi connectivity index (χ4v) is 1.27. The van der Waals surface area contributed by atoms with Crippen LogP contribution in [0.5, 0.6) is 17.2 Å². The lowest BCUT2D eigenvalue weighted by atomic mass is 10.2. The molecule has 0 atom stereocenters. The number of rotatable bonds is 0. The maximum Gasteiger partial charge on any atom is 0.201 e. The molecule has 0 amide bonds. The molecule has 0 aliphatic heterocycles. The minimum atomic E-state index is -0.489. The number of halogens is 1. The SMILES string of the molecule is Cc1cc(Br)c(O)c(O)c1O. The molecule has 1 rings (SSSR count). The lowest BCUT2D eigenvalue weighted by molar-refractivity contribution is 0.364. The monoisotopic (exact) mass is 218 g/mol. The summed E-state index contributed by atoms with van der Waals surface area (Å²) in [5.41, 5.74) is 0.507. The van der Waals surface area contributed by atoms with Gasteiger partial charge in [-0.25, -0.2) is 0 Å². The van der Waals surface area contributed by atoms with Gasteiger partial charge in [0.2, 0.25) is 5.75 Å². The largest absolute Gasteiger partial charge is 0.504 e. The van der Waals surface area contributed by atoms with Crippen LogP contribution in [0.1, 0.15) is 5.56 Å². The number of hydrogen-bond donors (Lipinski definition) is 3. The Balaban J connectivity index is 3.46. The van der Waals surface area contributed by atoms with Crippen molar-refractivity contribution in [2.75, 3.05) is 0 Å². The first-order chi connectivity index (χ1) is 5.04. The Morgan fingerprint density at radius 3 is 2.18 bits per heavy atom.